The number of hydrogen-bond donors (Lipinski definition) is 2. The van der Waals surface area contributed by atoms with E-state index in [1.165, 1.54) is 12.0 Å². The maximum absolute atomic E-state index is 8.99. The molecule has 1 aromatic carbocycles. The van der Waals surface area contributed by atoms with Crippen molar-refractivity contribution in [3.05, 3.63) is 35.9 Å². The zero-order valence-electron chi connectivity index (χ0n) is 12.7. The van der Waals surface area contributed by atoms with Crippen molar-refractivity contribution < 1.29 is 14.8 Å². The first-order valence-electron chi connectivity index (χ1n) is 7.21. The zero-order valence-corrected chi connectivity index (χ0v) is 12.7. The lowest BCUT2D eigenvalue weighted by Crippen LogP contribution is -2.29. The van der Waals surface area contributed by atoms with E-state index in [0.29, 0.717) is 18.0 Å². The Balaban J connectivity index is 2.24. The Hall–Kier alpha value is -1.26. The Kier molecular flexibility index (Phi) is 7.41. The molecule has 0 aliphatic carbocycles. The average Bonchev–Trinajstić information content (AvgIpc) is 2.39. The van der Waals surface area contributed by atoms with Gasteiger partial charge < -0.3 is 14.8 Å². The van der Waals surface area contributed by atoms with Crippen molar-refractivity contribution in [1.82, 2.24) is 0 Å². The third kappa shape index (κ3) is 6.78. The summed E-state index contributed by atoms with van der Waals surface area (Å²) in [6, 6.07) is 6.86. The Morgan fingerprint density at radius 2 is 1.85 bits per heavy atom. The van der Waals surface area contributed by atoms with Crippen LogP contribution in [0.5, 0.6) is 5.75 Å². The molecule has 4 heteroatoms. The van der Waals surface area contributed by atoms with Crippen molar-refractivity contribution in [3.8, 4) is 5.75 Å². The van der Waals surface area contributed by atoms with Gasteiger partial charge in [-0.1, -0.05) is 30.7 Å². The molecule has 20 heavy (non-hydrogen) atoms. The second kappa shape index (κ2) is 8.82. The van der Waals surface area contributed by atoms with Crippen LogP contribution in [0.25, 0.3) is 0 Å². The third-order valence-electron chi connectivity index (χ3n) is 3.27. The van der Waals surface area contributed by atoms with E-state index in [4.69, 9.17) is 14.8 Å². The van der Waals surface area contributed by atoms with Crippen LogP contribution >= 0.6 is 0 Å². The van der Waals surface area contributed by atoms with E-state index in [9.17, 15) is 0 Å². The third-order valence-corrected chi connectivity index (χ3v) is 3.27. The van der Waals surface area contributed by atoms with Gasteiger partial charge in [-0.05, 0) is 56.6 Å². The van der Waals surface area contributed by atoms with Crippen LogP contribution in [-0.2, 0) is 0 Å². The van der Waals surface area contributed by atoms with Gasteiger partial charge >= 0.3 is 7.12 Å². The molecule has 0 unspecified atom stereocenters. The molecule has 0 aliphatic rings. The van der Waals surface area contributed by atoms with Crippen LogP contribution in [0.15, 0.2) is 35.9 Å². The van der Waals surface area contributed by atoms with Crippen molar-refractivity contribution in [2.45, 2.75) is 40.0 Å². The molecule has 2 N–H and O–H groups in total. The van der Waals surface area contributed by atoms with Crippen LogP contribution in [0, 0.1) is 5.92 Å². The van der Waals surface area contributed by atoms with Crippen molar-refractivity contribution in [2.24, 2.45) is 5.92 Å². The van der Waals surface area contributed by atoms with Crippen molar-refractivity contribution >= 4 is 12.6 Å². The first-order chi connectivity index (χ1) is 9.49. The van der Waals surface area contributed by atoms with E-state index in [-0.39, 0.29) is 0 Å². The maximum atomic E-state index is 8.99. The fourth-order valence-electron chi connectivity index (χ4n) is 1.92. The molecule has 110 valence electrons. The second-order valence-corrected chi connectivity index (χ2v) is 5.54. The highest BCUT2D eigenvalue weighted by molar-refractivity contribution is 6.58. The van der Waals surface area contributed by atoms with E-state index in [2.05, 4.69) is 26.8 Å². The lowest BCUT2D eigenvalue weighted by atomic mass is 9.80. The van der Waals surface area contributed by atoms with Gasteiger partial charge in [-0.2, -0.15) is 0 Å². The molecule has 0 spiro atoms. The van der Waals surface area contributed by atoms with E-state index < -0.39 is 7.12 Å². The minimum atomic E-state index is -1.42. The molecule has 0 saturated carbocycles. The standard InChI is InChI=1S/C16H25BO3/c1-13(2)5-4-6-14(3)11-12-20-16-9-7-15(8-10-16)17(18)19/h5,7-10,14,18-19H,4,6,11-12H2,1-3H3/t14-/m0/s1. The molecule has 1 atom stereocenters. The fourth-order valence-corrected chi connectivity index (χ4v) is 1.92. The largest absolute Gasteiger partial charge is 0.494 e. The van der Waals surface area contributed by atoms with Crippen LogP contribution in [0.3, 0.4) is 0 Å². The summed E-state index contributed by atoms with van der Waals surface area (Å²) in [7, 11) is -1.42. The van der Waals surface area contributed by atoms with Gasteiger partial charge in [0.1, 0.15) is 5.75 Å². The first kappa shape index (κ1) is 16.8. The topological polar surface area (TPSA) is 49.7 Å². The lowest BCUT2D eigenvalue weighted by molar-refractivity contribution is 0.279. The highest BCUT2D eigenvalue weighted by Gasteiger charge is 2.10. The summed E-state index contributed by atoms with van der Waals surface area (Å²) >= 11 is 0. The summed E-state index contributed by atoms with van der Waals surface area (Å²) in [5.41, 5.74) is 1.85. The van der Waals surface area contributed by atoms with Gasteiger partial charge in [-0.15, -0.1) is 0 Å². The molecule has 0 saturated heterocycles. The zero-order chi connectivity index (χ0) is 15.0. The molecule has 0 heterocycles. The monoisotopic (exact) mass is 276 g/mol. The van der Waals surface area contributed by atoms with Gasteiger partial charge in [0, 0.05) is 0 Å². The number of hydrogen-bond acceptors (Lipinski definition) is 3. The average molecular weight is 276 g/mol. The summed E-state index contributed by atoms with van der Waals surface area (Å²) in [6.45, 7) is 7.19. The van der Waals surface area contributed by atoms with Crippen LogP contribution in [0.4, 0.5) is 0 Å². The normalized spacial score (nSPS) is 11.8. The predicted octanol–water partition coefficient (Wildman–Crippen LogP) is 2.52. The molecule has 0 fully saturated rings. The van der Waals surface area contributed by atoms with E-state index >= 15 is 0 Å². The van der Waals surface area contributed by atoms with Gasteiger partial charge in [0.25, 0.3) is 0 Å². The molecule has 0 radical (unpaired) electrons. The predicted molar refractivity (Wildman–Crippen MR) is 84.2 cm³/mol. The van der Waals surface area contributed by atoms with E-state index in [1.807, 2.05) is 0 Å². The number of rotatable bonds is 8. The Bertz CT molecular complexity index is 408. The molecule has 0 aliphatic heterocycles. The molecule has 0 bridgehead atoms. The van der Waals surface area contributed by atoms with Crippen molar-refractivity contribution in [2.75, 3.05) is 6.61 Å². The van der Waals surface area contributed by atoms with Gasteiger partial charge in [0.2, 0.25) is 0 Å². The maximum Gasteiger partial charge on any atom is 0.488 e. The molecule has 1 aromatic rings. The van der Waals surface area contributed by atoms with Gasteiger partial charge in [-0.25, -0.2) is 0 Å². The highest BCUT2D eigenvalue weighted by atomic mass is 16.5. The van der Waals surface area contributed by atoms with Crippen molar-refractivity contribution in [1.29, 1.82) is 0 Å². The van der Waals surface area contributed by atoms with Crippen molar-refractivity contribution in [3.63, 3.8) is 0 Å². The minimum absolute atomic E-state index is 0.479. The van der Waals surface area contributed by atoms with Crippen LogP contribution in [0.2, 0.25) is 0 Å². The van der Waals surface area contributed by atoms with Gasteiger partial charge in [-0.3, -0.25) is 0 Å². The SMILES string of the molecule is CC(C)=CCC[C@H](C)CCOc1ccc(B(O)O)cc1. The summed E-state index contributed by atoms with van der Waals surface area (Å²) in [5, 5.41) is 18.0. The van der Waals surface area contributed by atoms with Crippen LogP contribution in [-0.4, -0.2) is 23.8 Å². The molecule has 0 amide bonds. The van der Waals surface area contributed by atoms with Crippen LogP contribution in [0.1, 0.15) is 40.0 Å². The number of ether oxygens (including phenoxy) is 1. The summed E-state index contributed by atoms with van der Waals surface area (Å²) in [6.07, 6.45) is 5.62. The van der Waals surface area contributed by atoms with Gasteiger partial charge in [0.05, 0.1) is 6.61 Å². The number of allylic oxidation sites excluding steroid dienone is 2. The Morgan fingerprint density at radius 1 is 1.20 bits per heavy atom. The summed E-state index contributed by atoms with van der Waals surface area (Å²) in [4.78, 5) is 0. The molecular weight excluding hydrogens is 251 g/mol. The quantitative estimate of drug-likeness (QED) is 0.566. The molecular formula is C16H25BO3. The lowest BCUT2D eigenvalue weighted by Gasteiger charge is -2.12. The van der Waals surface area contributed by atoms with Gasteiger partial charge in [0.15, 0.2) is 0 Å². The van der Waals surface area contributed by atoms with E-state index in [0.717, 1.165) is 18.6 Å². The Morgan fingerprint density at radius 3 is 2.40 bits per heavy atom. The number of benzene rings is 1. The Labute approximate surface area is 122 Å². The highest BCUT2D eigenvalue weighted by Crippen LogP contribution is 2.14. The van der Waals surface area contributed by atoms with Crippen LogP contribution < -0.4 is 10.2 Å². The molecule has 1 rings (SSSR count). The summed E-state index contributed by atoms with van der Waals surface area (Å²) < 4.78 is 5.66. The summed E-state index contributed by atoms with van der Waals surface area (Å²) in [5.74, 6) is 1.41. The minimum Gasteiger partial charge on any atom is -0.494 e. The first-order valence-corrected chi connectivity index (χ1v) is 7.21. The van der Waals surface area contributed by atoms with E-state index in [1.54, 1.807) is 24.3 Å². The smallest absolute Gasteiger partial charge is 0.488 e. The second-order valence-electron chi connectivity index (χ2n) is 5.54. The fraction of sp³-hybridized carbons (Fsp3) is 0.500. The molecule has 0 aromatic heterocycles. The molecule has 3 nitrogen and oxygen atoms in total.